The van der Waals surface area contributed by atoms with Crippen LogP contribution < -0.4 is 0 Å². The van der Waals surface area contributed by atoms with Crippen molar-refractivity contribution in [1.82, 2.24) is 19.8 Å². The zero-order valence-electron chi connectivity index (χ0n) is 16.1. The number of aromatic nitrogens is 2. The minimum Gasteiger partial charge on any atom is -0.342 e. The molecule has 4 rings (SSSR count). The quantitative estimate of drug-likeness (QED) is 0.769. The smallest absolute Gasteiger partial charge is 0.223 e. The average molecular weight is 368 g/mol. The minimum atomic E-state index is 0.100. The van der Waals surface area contributed by atoms with Crippen LogP contribution in [0.5, 0.6) is 0 Å². The second kappa shape index (κ2) is 7.79. The summed E-state index contributed by atoms with van der Waals surface area (Å²) in [5.74, 6) is 1.87. The molecule has 0 radical (unpaired) electrons. The van der Waals surface area contributed by atoms with E-state index in [-0.39, 0.29) is 17.7 Å². The van der Waals surface area contributed by atoms with Crippen LogP contribution in [0.25, 0.3) is 0 Å². The molecule has 0 unspecified atom stereocenters. The third-order valence-electron chi connectivity index (χ3n) is 6.09. The SMILES string of the molecule is CC(=O)N1CCc2nc([C@@H]3CCCN(C(=O)C[C@H]4C=CCC4)C3)ncc2C1. The predicted octanol–water partition coefficient (Wildman–Crippen LogP) is 2.44. The Morgan fingerprint density at radius 2 is 2.11 bits per heavy atom. The highest BCUT2D eigenvalue weighted by Gasteiger charge is 2.29. The highest BCUT2D eigenvalue weighted by atomic mass is 16.2. The lowest BCUT2D eigenvalue weighted by molar-refractivity contribution is -0.133. The number of hydrogen-bond acceptors (Lipinski definition) is 4. The Bertz CT molecular complexity index is 761. The third-order valence-corrected chi connectivity index (χ3v) is 6.09. The molecule has 3 aliphatic rings. The molecule has 2 atom stereocenters. The maximum atomic E-state index is 12.7. The van der Waals surface area contributed by atoms with Crippen molar-refractivity contribution in [3.63, 3.8) is 0 Å². The van der Waals surface area contributed by atoms with E-state index in [1.165, 1.54) is 0 Å². The van der Waals surface area contributed by atoms with Gasteiger partial charge in [0.2, 0.25) is 11.8 Å². The van der Waals surface area contributed by atoms with E-state index in [9.17, 15) is 9.59 Å². The Morgan fingerprint density at radius 1 is 1.22 bits per heavy atom. The van der Waals surface area contributed by atoms with Crippen molar-refractivity contribution < 1.29 is 9.59 Å². The van der Waals surface area contributed by atoms with Gasteiger partial charge in [0, 0.05) is 63.6 Å². The van der Waals surface area contributed by atoms with Gasteiger partial charge in [-0.25, -0.2) is 9.97 Å². The molecule has 1 fully saturated rings. The second-order valence-electron chi connectivity index (χ2n) is 8.04. The van der Waals surface area contributed by atoms with Crippen LogP contribution in [0.3, 0.4) is 0 Å². The molecule has 1 saturated heterocycles. The van der Waals surface area contributed by atoms with E-state index in [0.717, 1.165) is 68.8 Å². The van der Waals surface area contributed by atoms with Gasteiger partial charge in [0.15, 0.2) is 0 Å². The molecule has 2 amide bonds. The molecule has 144 valence electrons. The summed E-state index contributed by atoms with van der Waals surface area (Å²) >= 11 is 0. The number of rotatable bonds is 3. The van der Waals surface area contributed by atoms with Gasteiger partial charge in [-0.3, -0.25) is 9.59 Å². The van der Waals surface area contributed by atoms with E-state index in [1.54, 1.807) is 6.92 Å². The van der Waals surface area contributed by atoms with Gasteiger partial charge in [-0.15, -0.1) is 0 Å². The van der Waals surface area contributed by atoms with Crippen molar-refractivity contribution in [2.45, 2.75) is 57.9 Å². The van der Waals surface area contributed by atoms with Gasteiger partial charge in [0.05, 0.1) is 5.69 Å². The van der Waals surface area contributed by atoms with Crippen LogP contribution in [0.2, 0.25) is 0 Å². The number of hydrogen-bond donors (Lipinski definition) is 0. The van der Waals surface area contributed by atoms with Crippen LogP contribution >= 0.6 is 0 Å². The predicted molar refractivity (Wildman–Crippen MR) is 102 cm³/mol. The monoisotopic (exact) mass is 368 g/mol. The molecule has 0 N–H and O–H groups in total. The molecule has 0 spiro atoms. The van der Waals surface area contributed by atoms with E-state index in [1.807, 2.05) is 16.0 Å². The van der Waals surface area contributed by atoms with Crippen LogP contribution in [0.4, 0.5) is 0 Å². The Hall–Kier alpha value is -2.24. The topological polar surface area (TPSA) is 66.4 Å². The van der Waals surface area contributed by atoms with E-state index in [2.05, 4.69) is 17.1 Å². The van der Waals surface area contributed by atoms with Crippen LogP contribution in [-0.2, 0) is 22.6 Å². The number of fused-ring (bicyclic) bond motifs is 1. The van der Waals surface area contributed by atoms with Crippen molar-refractivity contribution >= 4 is 11.8 Å². The fourth-order valence-corrected chi connectivity index (χ4v) is 4.43. The summed E-state index contributed by atoms with van der Waals surface area (Å²) in [5.41, 5.74) is 2.12. The number of carbonyl (C=O) groups is 2. The van der Waals surface area contributed by atoms with E-state index in [4.69, 9.17) is 4.98 Å². The van der Waals surface area contributed by atoms with Gasteiger partial charge in [0.25, 0.3) is 0 Å². The normalized spacial score (nSPS) is 24.8. The molecule has 6 heteroatoms. The maximum absolute atomic E-state index is 12.7. The highest BCUT2D eigenvalue weighted by molar-refractivity contribution is 5.77. The van der Waals surface area contributed by atoms with Crippen LogP contribution in [-0.4, -0.2) is 51.2 Å². The molecule has 0 bridgehead atoms. The molecule has 3 heterocycles. The molecule has 27 heavy (non-hydrogen) atoms. The number of allylic oxidation sites excluding steroid dienone is 2. The number of nitrogens with zero attached hydrogens (tertiary/aromatic N) is 4. The van der Waals surface area contributed by atoms with E-state index < -0.39 is 0 Å². The Kier molecular flexibility index (Phi) is 5.23. The number of carbonyl (C=O) groups excluding carboxylic acids is 2. The zero-order chi connectivity index (χ0) is 18.8. The molecule has 1 aromatic rings. The highest BCUT2D eigenvalue weighted by Crippen LogP contribution is 2.28. The molecule has 2 aliphatic heterocycles. The summed E-state index contributed by atoms with van der Waals surface area (Å²) in [6.45, 7) is 4.52. The summed E-state index contributed by atoms with van der Waals surface area (Å²) in [4.78, 5) is 37.6. The summed E-state index contributed by atoms with van der Waals surface area (Å²) < 4.78 is 0. The fourth-order valence-electron chi connectivity index (χ4n) is 4.43. The minimum absolute atomic E-state index is 0.100. The van der Waals surface area contributed by atoms with Crippen molar-refractivity contribution in [3.05, 3.63) is 35.4 Å². The van der Waals surface area contributed by atoms with Crippen LogP contribution in [0.15, 0.2) is 18.3 Å². The van der Waals surface area contributed by atoms with E-state index in [0.29, 0.717) is 18.9 Å². The lowest BCUT2D eigenvalue weighted by Gasteiger charge is -2.33. The Balaban J connectivity index is 1.42. The van der Waals surface area contributed by atoms with Gasteiger partial charge in [-0.2, -0.15) is 0 Å². The van der Waals surface area contributed by atoms with Gasteiger partial charge in [-0.1, -0.05) is 12.2 Å². The van der Waals surface area contributed by atoms with Crippen molar-refractivity contribution in [1.29, 1.82) is 0 Å². The van der Waals surface area contributed by atoms with Gasteiger partial charge in [0.1, 0.15) is 5.82 Å². The lowest BCUT2D eigenvalue weighted by Crippen LogP contribution is -2.40. The standard InChI is InChI=1S/C21H28N4O2/c1-15(26)24-10-8-19-18(14-24)12-22-21(23-19)17-7-4-9-25(13-17)20(27)11-16-5-2-3-6-16/h2,5,12,16-17H,3-4,6-11,13-14H2,1H3/t16-,17+/m0/s1. The molecule has 1 aliphatic carbocycles. The fraction of sp³-hybridized carbons (Fsp3) is 0.619. The van der Waals surface area contributed by atoms with E-state index >= 15 is 0 Å². The third kappa shape index (κ3) is 4.04. The zero-order valence-corrected chi connectivity index (χ0v) is 16.1. The number of likely N-dealkylation sites (tertiary alicyclic amines) is 1. The number of piperidine rings is 1. The molecular weight excluding hydrogens is 340 g/mol. The molecule has 1 aromatic heterocycles. The lowest BCUT2D eigenvalue weighted by atomic mass is 9.95. The van der Waals surface area contributed by atoms with Crippen molar-refractivity contribution in [3.8, 4) is 0 Å². The van der Waals surface area contributed by atoms with Crippen LogP contribution in [0, 0.1) is 5.92 Å². The van der Waals surface area contributed by atoms with Crippen molar-refractivity contribution in [2.24, 2.45) is 5.92 Å². The van der Waals surface area contributed by atoms with Gasteiger partial charge < -0.3 is 9.80 Å². The maximum Gasteiger partial charge on any atom is 0.223 e. The first-order valence-corrected chi connectivity index (χ1v) is 10.1. The van der Waals surface area contributed by atoms with Crippen molar-refractivity contribution in [2.75, 3.05) is 19.6 Å². The molecule has 0 aromatic carbocycles. The molecule has 6 nitrogen and oxygen atoms in total. The number of amides is 2. The molecule has 0 saturated carbocycles. The second-order valence-corrected chi connectivity index (χ2v) is 8.04. The van der Waals surface area contributed by atoms with Gasteiger partial charge in [-0.05, 0) is 31.6 Å². The first-order chi connectivity index (χ1) is 13.1. The first kappa shape index (κ1) is 18.1. The van der Waals surface area contributed by atoms with Gasteiger partial charge >= 0.3 is 0 Å². The largest absolute Gasteiger partial charge is 0.342 e. The average Bonchev–Trinajstić information content (AvgIpc) is 3.20. The summed E-state index contributed by atoms with van der Waals surface area (Å²) in [7, 11) is 0. The molecular formula is C21H28N4O2. The first-order valence-electron chi connectivity index (χ1n) is 10.1. The summed E-state index contributed by atoms with van der Waals surface area (Å²) in [6, 6.07) is 0. The Morgan fingerprint density at radius 3 is 2.89 bits per heavy atom. The summed E-state index contributed by atoms with van der Waals surface area (Å²) in [6.07, 6.45) is 11.9. The Labute approximate surface area is 160 Å². The van der Waals surface area contributed by atoms with Crippen LogP contribution in [0.1, 0.15) is 62.0 Å². The summed E-state index contributed by atoms with van der Waals surface area (Å²) in [5, 5.41) is 0.